The first-order valence-electron chi connectivity index (χ1n) is 8.19. The Morgan fingerprint density at radius 3 is 2.56 bits per heavy atom. The van der Waals surface area contributed by atoms with Gasteiger partial charge in [-0.3, -0.25) is 4.79 Å². The Kier molecular flexibility index (Phi) is 4.74. The average Bonchev–Trinajstić information content (AvgIpc) is 2.96. The number of hydrogen-bond acceptors (Lipinski definition) is 2. The highest BCUT2D eigenvalue weighted by molar-refractivity contribution is 5.94. The fraction of sp³-hybridized carbons (Fsp3) is 0.250. The Bertz CT molecular complexity index is 914. The van der Waals surface area contributed by atoms with Crippen molar-refractivity contribution in [1.82, 2.24) is 10.3 Å². The van der Waals surface area contributed by atoms with Crippen LogP contribution in [0.15, 0.2) is 36.4 Å². The average molecular weight is 340 g/mol. The van der Waals surface area contributed by atoms with E-state index in [-0.39, 0.29) is 11.7 Å². The number of carbonyl (C=O) groups excluding carboxylic acids is 1. The maximum Gasteiger partial charge on any atom is 0.251 e. The zero-order chi connectivity index (χ0) is 18.0. The molecule has 2 N–H and O–H groups in total. The molecule has 4 nitrogen and oxygen atoms in total. The molecule has 0 atom stereocenters. The number of aromatic nitrogens is 1. The van der Waals surface area contributed by atoms with Gasteiger partial charge in [0.2, 0.25) is 0 Å². The minimum Gasteiger partial charge on any atom is -0.497 e. The number of ether oxygens (including phenoxy) is 1. The molecule has 1 aromatic heterocycles. The van der Waals surface area contributed by atoms with Crippen LogP contribution in [0.5, 0.6) is 5.75 Å². The maximum atomic E-state index is 14.0. The van der Waals surface area contributed by atoms with Crippen LogP contribution in [-0.4, -0.2) is 24.5 Å². The number of halogens is 1. The summed E-state index contributed by atoms with van der Waals surface area (Å²) in [6.45, 7) is 4.38. The number of amides is 1. The van der Waals surface area contributed by atoms with Crippen molar-refractivity contribution in [3.05, 3.63) is 64.6 Å². The SMILES string of the molecule is COc1ccc(C(=O)NCCc2c(C)[nH]c3c(F)ccc(C)c23)cc1. The molecule has 0 spiro atoms. The molecular formula is C20H21FN2O2. The number of carbonyl (C=O) groups is 1. The normalized spacial score (nSPS) is 10.9. The molecule has 0 unspecified atom stereocenters. The lowest BCUT2D eigenvalue weighted by molar-refractivity contribution is 0.0954. The van der Waals surface area contributed by atoms with E-state index in [1.165, 1.54) is 6.07 Å². The largest absolute Gasteiger partial charge is 0.497 e. The summed E-state index contributed by atoms with van der Waals surface area (Å²) in [6.07, 6.45) is 0.637. The number of hydrogen-bond donors (Lipinski definition) is 2. The number of fused-ring (bicyclic) bond motifs is 1. The Morgan fingerprint density at radius 2 is 1.88 bits per heavy atom. The van der Waals surface area contributed by atoms with Crippen molar-refractivity contribution in [2.24, 2.45) is 0 Å². The third-order valence-corrected chi connectivity index (χ3v) is 4.44. The molecule has 25 heavy (non-hydrogen) atoms. The van der Waals surface area contributed by atoms with Crippen molar-refractivity contribution in [2.75, 3.05) is 13.7 Å². The van der Waals surface area contributed by atoms with Crippen LogP contribution in [0.1, 0.15) is 27.2 Å². The van der Waals surface area contributed by atoms with E-state index >= 15 is 0 Å². The smallest absolute Gasteiger partial charge is 0.251 e. The summed E-state index contributed by atoms with van der Waals surface area (Å²) in [5.74, 6) is 0.323. The van der Waals surface area contributed by atoms with Gasteiger partial charge in [0.1, 0.15) is 11.6 Å². The minimum atomic E-state index is -0.253. The summed E-state index contributed by atoms with van der Waals surface area (Å²) in [5, 5.41) is 3.83. The first kappa shape index (κ1) is 17.0. The van der Waals surface area contributed by atoms with Gasteiger partial charge in [0.05, 0.1) is 12.6 Å². The molecule has 5 heteroatoms. The van der Waals surface area contributed by atoms with Crippen molar-refractivity contribution in [3.8, 4) is 5.75 Å². The molecule has 0 radical (unpaired) electrons. The zero-order valence-electron chi connectivity index (χ0n) is 14.6. The molecule has 0 aliphatic carbocycles. The van der Waals surface area contributed by atoms with Gasteiger partial charge in [-0.2, -0.15) is 0 Å². The second kappa shape index (κ2) is 6.97. The highest BCUT2D eigenvalue weighted by Gasteiger charge is 2.14. The standard InChI is InChI=1S/C20H21FN2O2/c1-12-4-9-17(21)19-18(12)16(13(2)23-19)10-11-22-20(24)14-5-7-15(25-3)8-6-14/h4-9,23H,10-11H2,1-3H3,(H,22,24). The van der Waals surface area contributed by atoms with Crippen molar-refractivity contribution < 1.29 is 13.9 Å². The minimum absolute atomic E-state index is 0.136. The van der Waals surface area contributed by atoms with E-state index in [9.17, 15) is 9.18 Å². The second-order valence-electron chi connectivity index (χ2n) is 6.08. The Labute approximate surface area is 146 Å². The zero-order valence-corrected chi connectivity index (χ0v) is 14.6. The van der Waals surface area contributed by atoms with E-state index in [0.29, 0.717) is 29.8 Å². The molecule has 1 heterocycles. The van der Waals surface area contributed by atoms with Crippen LogP contribution >= 0.6 is 0 Å². The molecule has 0 saturated heterocycles. The van der Waals surface area contributed by atoms with Crippen LogP contribution in [0.3, 0.4) is 0 Å². The van der Waals surface area contributed by atoms with E-state index in [4.69, 9.17) is 4.74 Å². The van der Waals surface area contributed by atoms with Crippen molar-refractivity contribution in [2.45, 2.75) is 20.3 Å². The molecule has 0 fully saturated rings. The van der Waals surface area contributed by atoms with Crippen LogP contribution in [0, 0.1) is 19.7 Å². The fourth-order valence-electron chi connectivity index (χ4n) is 3.10. The lowest BCUT2D eigenvalue weighted by atomic mass is 10.0. The van der Waals surface area contributed by atoms with Gasteiger partial charge in [-0.15, -0.1) is 0 Å². The van der Waals surface area contributed by atoms with Gasteiger partial charge in [0, 0.05) is 23.2 Å². The molecule has 0 aliphatic rings. The van der Waals surface area contributed by atoms with Gasteiger partial charge in [0.25, 0.3) is 5.91 Å². The Morgan fingerprint density at radius 1 is 1.16 bits per heavy atom. The number of rotatable bonds is 5. The Balaban J connectivity index is 1.71. The van der Waals surface area contributed by atoms with E-state index < -0.39 is 0 Å². The third-order valence-electron chi connectivity index (χ3n) is 4.44. The molecule has 0 aliphatic heterocycles. The molecule has 3 rings (SSSR count). The van der Waals surface area contributed by atoms with Gasteiger partial charge in [-0.25, -0.2) is 4.39 Å². The molecule has 0 bridgehead atoms. The summed E-state index contributed by atoms with van der Waals surface area (Å²) < 4.78 is 19.1. The lowest BCUT2D eigenvalue weighted by Gasteiger charge is -2.07. The monoisotopic (exact) mass is 340 g/mol. The van der Waals surface area contributed by atoms with E-state index in [1.807, 2.05) is 13.8 Å². The quantitative estimate of drug-likeness (QED) is 0.740. The number of aromatic amines is 1. The molecule has 1 amide bonds. The van der Waals surface area contributed by atoms with Crippen LogP contribution < -0.4 is 10.1 Å². The Hall–Kier alpha value is -2.82. The summed E-state index contributed by atoms with van der Waals surface area (Å²) in [4.78, 5) is 15.3. The van der Waals surface area contributed by atoms with Gasteiger partial charge in [-0.1, -0.05) is 6.07 Å². The van der Waals surface area contributed by atoms with Crippen molar-refractivity contribution in [3.63, 3.8) is 0 Å². The fourth-order valence-corrected chi connectivity index (χ4v) is 3.10. The highest BCUT2D eigenvalue weighted by Crippen LogP contribution is 2.27. The summed E-state index contributed by atoms with van der Waals surface area (Å²) in [7, 11) is 1.59. The molecule has 2 aromatic carbocycles. The van der Waals surface area contributed by atoms with E-state index in [2.05, 4.69) is 10.3 Å². The number of methoxy groups -OCH3 is 1. The summed E-state index contributed by atoms with van der Waals surface area (Å²) >= 11 is 0. The summed E-state index contributed by atoms with van der Waals surface area (Å²) in [6, 6.07) is 10.2. The summed E-state index contributed by atoms with van der Waals surface area (Å²) in [5.41, 5.74) is 4.12. The predicted octanol–water partition coefficient (Wildman–Crippen LogP) is 3.90. The number of benzene rings is 2. The van der Waals surface area contributed by atoms with Crippen LogP contribution in [-0.2, 0) is 6.42 Å². The van der Waals surface area contributed by atoms with E-state index in [1.54, 1.807) is 37.4 Å². The maximum absolute atomic E-state index is 14.0. The highest BCUT2D eigenvalue weighted by atomic mass is 19.1. The van der Waals surface area contributed by atoms with Crippen LogP contribution in [0.4, 0.5) is 4.39 Å². The number of nitrogens with one attached hydrogen (secondary N) is 2. The topological polar surface area (TPSA) is 54.1 Å². The molecule has 3 aromatic rings. The molecular weight excluding hydrogens is 319 g/mol. The van der Waals surface area contributed by atoms with Gasteiger partial charge in [-0.05, 0) is 61.7 Å². The molecule has 130 valence electrons. The van der Waals surface area contributed by atoms with Gasteiger partial charge < -0.3 is 15.0 Å². The predicted molar refractivity (Wildman–Crippen MR) is 96.8 cm³/mol. The first-order valence-corrected chi connectivity index (χ1v) is 8.19. The third kappa shape index (κ3) is 3.36. The first-order chi connectivity index (χ1) is 12.0. The van der Waals surface area contributed by atoms with Crippen molar-refractivity contribution >= 4 is 16.8 Å². The second-order valence-corrected chi connectivity index (χ2v) is 6.08. The lowest BCUT2D eigenvalue weighted by Crippen LogP contribution is -2.25. The van der Waals surface area contributed by atoms with Crippen LogP contribution in [0.25, 0.3) is 10.9 Å². The number of aryl methyl sites for hydroxylation is 2. The molecule has 0 saturated carbocycles. The van der Waals surface area contributed by atoms with E-state index in [0.717, 1.165) is 22.2 Å². The number of H-pyrrole nitrogens is 1. The van der Waals surface area contributed by atoms with Crippen molar-refractivity contribution in [1.29, 1.82) is 0 Å². The van der Waals surface area contributed by atoms with Gasteiger partial charge >= 0.3 is 0 Å². The van der Waals surface area contributed by atoms with Crippen LogP contribution in [0.2, 0.25) is 0 Å². The van der Waals surface area contributed by atoms with Gasteiger partial charge in [0.15, 0.2) is 0 Å².